The van der Waals surface area contributed by atoms with Crippen molar-refractivity contribution in [1.82, 2.24) is 9.80 Å². The molecule has 1 N–H and O–H groups in total. The van der Waals surface area contributed by atoms with Crippen LogP contribution in [0.1, 0.15) is 42.5 Å². The van der Waals surface area contributed by atoms with Gasteiger partial charge in [-0.15, -0.1) is 0 Å². The van der Waals surface area contributed by atoms with Crippen LogP contribution in [0.25, 0.3) is 0 Å². The van der Waals surface area contributed by atoms with E-state index < -0.39 is 0 Å². The van der Waals surface area contributed by atoms with Crippen molar-refractivity contribution in [3.05, 3.63) is 23.8 Å². The van der Waals surface area contributed by atoms with Crippen LogP contribution >= 0.6 is 0 Å². The van der Waals surface area contributed by atoms with E-state index in [9.17, 15) is 14.7 Å². The predicted octanol–water partition coefficient (Wildman–Crippen LogP) is 2.26. The van der Waals surface area contributed by atoms with E-state index in [1.165, 1.54) is 7.11 Å². The van der Waals surface area contributed by atoms with Gasteiger partial charge in [0, 0.05) is 31.6 Å². The maximum Gasteiger partial charge on any atom is 0.258 e. The van der Waals surface area contributed by atoms with Crippen molar-refractivity contribution < 1.29 is 19.4 Å². The summed E-state index contributed by atoms with van der Waals surface area (Å²) in [4.78, 5) is 29.7. The Balaban J connectivity index is 1.55. The normalized spacial score (nSPS) is 25.6. The van der Waals surface area contributed by atoms with Gasteiger partial charge in [0.25, 0.3) is 5.91 Å². The Labute approximate surface area is 153 Å². The van der Waals surface area contributed by atoms with Crippen molar-refractivity contribution in [2.45, 2.75) is 38.1 Å². The maximum absolute atomic E-state index is 13.1. The average Bonchev–Trinajstić information content (AvgIpc) is 2.92. The number of phenols is 1. The minimum Gasteiger partial charge on any atom is -0.504 e. The molecule has 1 aromatic carbocycles. The summed E-state index contributed by atoms with van der Waals surface area (Å²) < 4.78 is 5.13. The highest BCUT2D eigenvalue weighted by molar-refractivity contribution is 5.98. The van der Waals surface area contributed by atoms with Gasteiger partial charge >= 0.3 is 0 Å². The van der Waals surface area contributed by atoms with Gasteiger partial charge < -0.3 is 19.6 Å². The summed E-state index contributed by atoms with van der Waals surface area (Å²) in [7, 11) is 1.47. The average molecular weight is 358 g/mol. The SMILES string of the molecule is COc1cccc(C(=O)N2C[C@H]3CC[C@@H]2CN(C(=O)C2CCC2)C3)c1O. The zero-order valence-corrected chi connectivity index (χ0v) is 15.2. The first-order valence-electron chi connectivity index (χ1n) is 9.54. The molecular formula is C20H26N2O4. The van der Waals surface area contributed by atoms with Gasteiger partial charge in [0.15, 0.2) is 11.5 Å². The van der Waals surface area contributed by atoms with E-state index in [4.69, 9.17) is 4.74 Å². The van der Waals surface area contributed by atoms with Gasteiger partial charge in [-0.1, -0.05) is 12.5 Å². The minimum absolute atomic E-state index is 0.0240. The van der Waals surface area contributed by atoms with Crippen molar-refractivity contribution in [2.24, 2.45) is 11.8 Å². The Kier molecular flexibility index (Phi) is 4.51. The molecule has 6 nitrogen and oxygen atoms in total. The number of carbonyl (C=O) groups is 2. The molecule has 4 fully saturated rings. The Morgan fingerprint density at radius 1 is 1.12 bits per heavy atom. The summed E-state index contributed by atoms with van der Waals surface area (Å²) >= 11 is 0. The monoisotopic (exact) mass is 358 g/mol. The van der Waals surface area contributed by atoms with E-state index in [0.717, 1.165) is 38.6 Å². The zero-order valence-electron chi connectivity index (χ0n) is 15.2. The molecule has 1 aromatic rings. The Bertz CT molecular complexity index is 716. The molecule has 3 aliphatic heterocycles. The van der Waals surface area contributed by atoms with Crippen molar-refractivity contribution in [3.8, 4) is 11.5 Å². The first kappa shape index (κ1) is 17.2. The van der Waals surface area contributed by atoms with Crippen molar-refractivity contribution >= 4 is 11.8 Å². The second-order valence-electron chi connectivity index (χ2n) is 7.78. The van der Waals surface area contributed by atoms with E-state index in [1.54, 1.807) is 18.2 Å². The molecule has 4 aliphatic rings. The second-order valence-corrected chi connectivity index (χ2v) is 7.78. The fourth-order valence-electron chi connectivity index (χ4n) is 4.44. The standard InChI is InChI=1S/C20H26N2O4/c1-26-17-7-3-6-16(18(17)23)20(25)22-11-13-8-9-15(22)12-21(10-13)19(24)14-4-2-5-14/h3,6-7,13-15,23H,2,4-5,8-12H2,1H3/t13-,15+/m0/s1. The van der Waals surface area contributed by atoms with Crippen LogP contribution in [-0.2, 0) is 4.79 Å². The molecule has 3 saturated heterocycles. The summed E-state index contributed by atoms with van der Waals surface area (Å²) in [6, 6.07) is 5.01. The number of phenolic OH excluding ortho intramolecular Hbond substituents is 1. The summed E-state index contributed by atoms with van der Waals surface area (Å²) in [5.41, 5.74) is 0.272. The molecule has 0 unspecified atom stereocenters. The molecule has 0 radical (unpaired) electrons. The van der Waals surface area contributed by atoms with Crippen LogP contribution in [0.5, 0.6) is 11.5 Å². The van der Waals surface area contributed by atoms with Crippen LogP contribution in [0.2, 0.25) is 0 Å². The lowest BCUT2D eigenvalue weighted by molar-refractivity contribution is -0.138. The van der Waals surface area contributed by atoms with Crippen LogP contribution in [-0.4, -0.2) is 59.5 Å². The largest absolute Gasteiger partial charge is 0.504 e. The van der Waals surface area contributed by atoms with Crippen LogP contribution in [0.4, 0.5) is 0 Å². The fourth-order valence-corrected chi connectivity index (χ4v) is 4.44. The van der Waals surface area contributed by atoms with E-state index in [2.05, 4.69) is 0 Å². The summed E-state index contributed by atoms with van der Waals surface area (Å²) in [6.07, 6.45) is 5.12. The Morgan fingerprint density at radius 2 is 1.92 bits per heavy atom. The summed E-state index contributed by atoms with van der Waals surface area (Å²) in [5.74, 6) is 0.800. The van der Waals surface area contributed by atoms with E-state index in [-0.39, 0.29) is 35.1 Å². The third kappa shape index (κ3) is 2.91. The topological polar surface area (TPSA) is 70.1 Å². The number of fused-ring (bicyclic) bond motifs is 4. The molecule has 140 valence electrons. The number of methoxy groups -OCH3 is 1. The quantitative estimate of drug-likeness (QED) is 0.900. The van der Waals surface area contributed by atoms with Crippen molar-refractivity contribution in [1.29, 1.82) is 0 Å². The molecule has 2 amide bonds. The predicted molar refractivity (Wildman–Crippen MR) is 96.1 cm³/mol. The van der Waals surface area contributed by atoms with Crippen LogP contribution in [0.3, 0.4) is 0 Å². The lowest BCUT2D eigenvalue weighted by Crippen LogP contribution is -2.48. The molecule has 2 bridgehead atoms. The molecule has 0 aromatic heterocycles. The molecule has 26 heavy (non-hydrogen) atoms. The highest BCUT2D eigenvalue weighted by atomic mass is 16.5. The van der Waals surface area contributed by atoms with Gasteiger partial charge in [-0.25, -0.2) is 0 Å². The molecule has 1 saturated carbocycles. The smallest absolute Gasteiger partial charge is 0.258 e. The van der Waals surface area contributed by atoms with Gasteiger partial charge in [0.05, 0.1) is 12.7 Å². The maximum atomic E-state index is 13.1. The Morgan fingerprint density at radius 3 is 2.62 bits per heavy atom. The number of hydrogen-bond donors (Lipinski definition) is 1. The first-order valence-corrected chi connectivity index (χ1v) is 9.54. The number of amides is 2. The molecule has 1 aliphatic carbocycles. The molecule has 3 heterocycles. The minimum atomic E-state index is -0.172. The summed E-state index contributed by atoms with van der Waals surface area (Å²) in [5, 5.41) is 10.3. The van der Waals surface area contributed by atoms with Crippen molar-refractivity contribution in [2.75, 3.05) is 26.7 Å². The van der Waals surface area contributed by atoms with Gasteiger partial charge in [-0.2, -0.15) is 0 Å². The van der Waals surface area contributed by atoms with Crippen LogP contribution in [0.15, 0.2) is 18.2 Å². The first-order chi connectivity index (χ1) is 12.6. The van der Waals surface area contributed by atoms with Crippen molar-refractivity contribution in [3.63, 3.8) is 0 Å². The van der Waals surface area contributed by atoms with E-state index in [1.807, 2.05) is 9.80 Å². The lowest BCUT2D eigenvalue weighted by atomic mass is 9.84. The third-order valence-electron chi connectivity index (χ3n) is 6.19. The molecule has 6 heteroatoms. The zero-order chi connectivity index (χ0) is 18.3. The van der Waals surface area contributed by atoms with Crippen LogP contribution < -0.4 is 4.74 Å². The Hall–Kier alpha value is -2.24. The number of para-hydroxylation sites is 1. The van der Waals surface area contributed by atoms with Gasteiger partial charge in [-0.3, -0.25) is 9.59 Å². The molecule has 2 atom stereocenters. The highest BCUT2D eigenvalue weighted by Gasteiger charge is 2.41. The number of rotatable bonds is 3. The number of benzene rings is 1. The van der Waals surface area contributed by atoms with E-state index in [0.29, 0.717) is 24.8 Å². The highest BCUT2D eigenvalue weighted by Crippen LogP contribution is 2.35. The second kappa shape index (κ2) is 6.82. The number of hydrogen-bond acceptors (Lipinski definition) is 4. The van der Waals surface area contributed by atoms with E-state index >= 15 is 0 Å². The summed E-state index contributed by atoms with van der Waals surface area (Å²) in [6.45, 7) is 2.01. The number of nitrogens with zero attached hydrogens (tertiary/aromatic N) is 2. The van der Waals surface area contributed by atoms with Crippen LogP contribution in [0, 0.1) is 11.8 Å². The lowest BCUT2D eigenvalue weighted by Gasteiger charge is -2.36. The van der Waals surface area contributed by atoms with Gasteiger partial charge in [0.2, 0.25) is 5.91 Å². The van der Waals surface area contributed by atoms with Gasteiger partial charge in [0.1, 0.15) is 0 Å². The van der Waals surface area contributed by atoms with Gasteiger partial charge in [-0.05, 0) is 43.7 Å². The molecule has 0 spiro atoms. The molecular weight excluding hydrogens is 332 g/mol. The number of piperidine rings is 1. The molecule has 5 rings (SSSR count). The fraction of sp³-hybridized carbons (Fsp3) is 0.600. The number of ether oxygens (including phenoxy) is 1. The number of aromatic hydroxyl groups is 1. The third-order valence-corrected chi connectivity index (χ3v) is 6.19. The number of carbonyl (C=O) groups excluding carboxylic acids is 2.